The first kappa shape index (κ1) is 16.5. The molecule has 1 saturated carbocycles. The number of amides is 1. The van der Waals surface area contributed by atoms with Gasteiger partial charge in [-0.05, 0) is 25.7 Å². The minimum atomic E-state index is -0.870. The van der Waals surface area contributed by atoms with Crippen molar-refractivity contribution in [3.63, 3.8) is 0 Å². The van der Waals surface area contributed by atoms with Crippen molar-refractivity contribution in [3.8, 4) is 0 Å². The van der Waals surface area contributed by atoms with Gasteiger partial charge in [0.15, 0.2) is 0 Å². The second-order valence-electron chi connectivity index (χ2n) is 6.65. The maximum Gasteiger partial charge on any atom is 0.308 e. The number of rotatable bonds is 7. The van der Waals surface area contributed by atoms with Crippen LogP contribution < -0.4 is 0 Å². The average Bonchev–Trinajstić information content (AvgIpc) is 3.21. The second-order valence-corrected chi connectivity index (χ2v) is 6.65. The molecule has 0 saturated heterocycles. The topological polar surface area (TPSA) is 75.4 Å². The molecule has 22 heavy (non-hydrogen) atoms. The molecule has 1 unspecified atom stereocenters. The minimum absolute atomic E-state index is 0.0943. The lowest BCUT2D eigenvalue weighted by Crippen LogP contribution is -2.38. The van der Waals surface area contributed by atoms with Gasteiger partial charge in [0.1, 0.15) is 0 Å². The van der Waals surface area contributed by atoms with E-state index >= 15 is 0 Å². The van der Waals surface area contributed by atoms with Crippen LogP contribution in [-0.2, 0) is 11.3 Å². The zero-order valence-electron chi connectivity index (χ0n) is 13.7. The Labute approximate surface area is 131 Å². The van der Waals surface area contributed by atoms with E-state index in [2.05, 4.69) is 18.9 Å². The Hall–Kier alpha value is -1.85. The third kappa shape index (κ3) is 3.67. The molecule has 0 radical (unpaired) electrons. The Morgan fingerprint density at radius 2 is 2.05 bits per heavy atom. The number of hydrogen-bond acceptors (Lipinski definition) is 3. The van der Waals surface area contributed by atoms with Crippen molar-refractivity contribution in [2.75, 3.05) is 6.54 Å². The van der Waals surface area contributed by atoms with Crippen molar-refractivity contribution in [1.82, 2.24) is 14.7 Å². The van der Waals surface area contributed by atoms with E-state index in [1.165, 1.54) is 0 Å². The molecule has 1 aromatic heterocycles. The van der Waals surface area contributed by atoms with Gasteiger partial charge in [-0.2, -0.15) is 5.10 Å². The molecule has 1 aromatic rings. The molecule has 122 valence electrons. The molecule has 1 N–H and O–H groups in total. The van der Waals surface area contributed by atoms with Crippen molar-refractivity contribution in [2.45, 2.75) is 53.1 Å². The van der Waals surface area contributed by atoms with Crippen LogP contribution in [0.15, 0.2) is 6.20 Å². The quantitative estimate of drug-likeness (QED) is 0.837. The van der Waals surface area contributed by atoms with E-state index < -0.39 is 11.9 Å². The third-order valence-electron chi connectivity index (χ3n) is 4.01. The fraction of sp³-hybridized carbons (Fsp3) is 0.688. The smallest absolute Gasteiger partial charge is 0.308 e. The molecule has 6 heteroatoms. The van der Waals surface area contributed by atoms with Gasteiger partial charge in [0.2, 0.25) is 0 Å². The van der Waals surface area contributed by atoms with Gasteiger partial charge in [-0.1, -0.05) is 20.8 Å². The summed E-state index contributed by atoms with van der Waals surface area (Å²) >= 11 is 0. The molecular formula is C16H25N3O3. The first-order chi connectivity index (χ1) is 10.3. The van der Waals surface area contributed by atoms with Crippen LogP contribution in [0.2, 0.25) is 0 Å². The number of carboxylic acid groups (broad SMARTS) is 1. The Morgan fingerprint density at radius 3 is 2.55 bits per heavy atom. The Bertz CT molecular complexity index is 561. The van der Waals surface area contributed by atoms with E-state index in [4.69, 9.17) is 5.11 Å². The summed E-state index contributed by atoms with van der Waals surface area (Å²) in [5, 5.41) is 13.4. The molecule has 1 aliphatic rings. The zero-order valence-corrected chi connectivity index (χ0v) is 13.7. The number of carbonyl (C=O) groups is 2. The first-order valence-electron chi connectivity index (χ1n) is 7.87. The van der Waals surface area contributed by atoms with Crippen LogP contribution in [0, 0.1) is 18.8 Å². The highest BCUT2D eigenvalue weighted by Gasteiger charge is 2.36. The number of aromatic nitrogens is 2. The van der Waals surface area contributed by atoms with Gasteiger partial charge in [0.05, 0.1) is 17.7 Å². The fourth-order valence-electron chi connectivity index (χ4n) is 2.50. The second kappa shape index (κ2) is 6.50. The van der Waals surface area contributed by atoms with Gasteiger partial charge >= 0.3 is 5.97 Å². The van der Waals surface area contributed by atoms with Gasteiger partial charge in [-0.3, -0.25) is 14.3 Å². The number of carboxylic acids is 1. The van der Waals surface area contributed by atoms with Gasteiger partial charge in [-0.25, -0.2) is 0 Å². The van der Waals surface area contributed by atoms with Crippen LogP contribution >= 0.6 is 0 Å². The molecule has 0 aliphatic heterocycles. The molecule has 1 aliphatic carbocycles. The minimum Gasteiger partial charge on any atom is -0.481 e. The molecule has 1 heterocycles. The predicted molar refractivity (Wildman–Crippen MR) is 82.7 cm³/mol. The molecule has 1 atom stereocenters. The maximum atomic E-state index is 12.8. The lowest BCUT2D eigenvalue weighted by molar-refractivity contribution is -0.141. The first-order valence-corrected chi connectivity index (χ1v) is 7.87. The highest BCUT2D eigenvalue weighted by atomic mass is 16.4. The van der Waals surface area contributed by atoms with Crippen molar-refractivity contribution in [3.05, 3.63) is 17.5 Å². The molecular weight excluding hydrogens is 282 g/mol. The third-order valence-corrected chi connectivity index (χ3v) is 4.01. The summed E-state index contributed by atoms with van der Waals surface area (Å²) in [5.41, 5.74) is 1.44. The van der Waals surface area contributed by atoms with Gasteiger partial charge in [0.25, 0.3) is 5.91 Å². The van der Waals surface area contributed by atoms with E-state index in [-0.39, 0.29) is 18.5 Å². The summed E-state index contributed by atoms with van der Waals surface area (Å²) in [4.78, 5) is 25.6. The number of hydrogen-bond donors (Lipinski definition) is 1. The van der Waals surface area contributed by atoms with E-state index in [0.717, 1.165) is 25.1 Å². The van der Waals surface area contributed by atoms with Gasteiger partial charge in [0, 0.05) is 24.8 Å². The van der Waals surface area contributed by atoms with Gasteiger partial charge < -0.3 is 10.0 Å². The largest absolute Gasteiger partial charge is 0.481 e. The highest BCUT2D eigenvalue weighted by Crippen LogP contribution is 2.29. The SMILES string of the molecule is Cc1c(C(=O)N(CC(C)C(=O)O)C2CC2)cnn1CC(C)C. The molecule has 0 aromatic carbocycles. The Balaban J connectivity index is 2.17. The zero-order chi connectivity index (χ0) is 16.4. The fourth-order valence-corrected chi connectivity index (χ4v) is 2.50. The van der Waals surface area contributed by atoms with E-state index in [1.807, 2.05) is 11.6 Å². The van der Waals surface area contributed by atoms with Crippen LogP contribution in [0.5, 0.6) is 0 Å². The highest BCUT2D eigenvalue weighted by molar-refractivity contribution is 5.95. The van der Waals surface area contributed by atoms with Crippen LogP contribution in [0.3, 0.4) is 0 Å². The summed E-state index contributed by atoms with van der Waals surface area (Å²) in [6.45, 7) is 8.78. The van der Waals surface area contributed by atoms with Crippen molar-refractivity contribution < 1.29 is 14.7 Å². The standard InChI is InChI=1S/C16H25N3O3/c1-10(2)8-19-12(4)14(7-17-19)15(20)18(13-5-6-13)9-11(3)16(21)22/h7,10-11,13H,5-6,8-9H2,1-4H3,(H,21,22). The number of carbonyl (C=O) groups excluding carboxylic acids is 1. The van der Waals surface area contributed by atoms with Gasteiger partial charge in [-0.15, -0.1) is 0 Å². The molecule has 0 spiro atoms. The normalized spacial score (nSPS) is 15.9. The molecule has 2 rings (SSSR count). The summed E-state index contributed by atoms with van der Waals surface area (Å²) < 4.78 is 1.85. The van der Waals surface area contributed by atoms with E-state index in [9.17, 15) is 9.59 Å². The summed E-state index contributed by atoms with van der Waals surface area (Å²) in [6.07, 6.45) is 3.52. The lowest BCUT2D eigenvalue weighted by Gasteiger charge is -2.24. The number of nitrogens with zero attached hydrogens (tertiary/aromatic N) is 3. The van der Waals surface area contributed by atoms with Crippen molar-refractivity contribution >= 4 is 11.9 Å². The Morgan fingerprint density at radius 1 is 1.41 bits per heavy atom. The lowest BCUT2D eigenvalue weighted by atomic mass is 10.1. The van der Waals surface area contributed by atoms with Crippen molar-refractivity contribution in [1.29, 1.82) is 0 Å². The molecule has 1 fully saturated rings. The van der Waals surface area contributed by atoms with Crippen LogP contribution in [0.4, 0.5) is 0 Å². The monoisotopic (exact) mass is 307 g/mol. The van der Waals surface area contributed by atoms with E-state index in [1.54, 1.807) is 18.0 Å². The molecule has 0 bridgehead atoms. The maximum absolute atomic E-state index is 12.8. The van der Waals surface area contributed by atoms with Crippen LogP contribution in [0.1, 0.15) is 49.7 Å². The molecule has 6 nitrogen and oxygen atoms in total. The Kier molecular flexibility index (Phi) is 4.88. The van der Waals surface area contributed by atoms with E-state index in [0.29, 0.717) is 11.5 Å². The number of aliphatic carboxylic acids is 1. The van der Waals surface area contributed by atoms with Crippen LogP contribution in [0.25, 0.3) is 0 Å². The van der Waals surface area contributed by atoms with Crippen molar-refractivity contribution in [2.24, 2.45) is 11.8 Å². The summed E-state index contributed by atoms with van der Waals surface area (Å²) in [5.74, 6) is -1.07. The average molecular weight is 307 g/mol. The summed E-state index contributed by atoms with van der Waals surface area (Å²) in [6, 6.07) is 0.183. The molecule has 1 amide bonds. The summed E-state index contributed by atoms with van der Waals surface area (Å²) in [7, 11) is 0. The van der Waals surface area contributed by atoms with Crippen LogP contribution in [-0.4, -0.2) is 44.3 Å². The predicted octanol–water partition coefficient (Wildman–Crippen LogP) is 2.17.